The van der Waals surface area contributed by atoms with Gasteiger partial charge < -0.3 is 113 Å². The Kier molecular flexibility index (Phi) is 31.3. The summed E-state index contributed by atoms with van der Waals surface area (Å²) in [6.07, 6.45) is -11.3. The first-order valence-electron chi connectivity index (χ1n) is 34.3. The average Bonchev–Trinajstić information content (AvgIpc) is 1.48. The molecule has 0 radical (unpaired) electrons. The molecule has 5 heterocycles. The van der Waals surface area contributed by atoms with Gasteiger partial charge in [-0.1, -0.05) is 39.0 Å². The van der Waals surface area contributed by atoms with Crippen LogP contribution in [-0.2, 0) is 106 Å². The van der Waals surface area contributed by atoms with E-state index >= 15 is 0 Å². The summed E-state index contributed by atoms with van der Waals surface area (Å²) < 4.78 is 74.1. The SMILES string of the molecule is CC[C@@]1(OC(=O)c2ccc(NC(=O)[C@H](C)NC(=O)[C@@H](NC(=O)CCOCCOCCOCCOCCOCCOCCOCCOCCN)C(C)C)cc2O[C@@H]2O[C@H](C(=O)O)[C@@H](O)[C@H](O)[C@H]2O)C(=O)OCc2c1cc1n(c2=O)Cc2c-1nc1ccccc1c2CCN(C(=O)OC(C)(C)C)C(C)C. The Morgan fingerprint density at radius 1 is 0.735 bits per heavy atom. The Hall–Kier alpha value is -7.83. The van der Waals surface area contributed by atoms with Crippen molar-refractivity contribution in [1.82, 2.24) is 25.1 Å². The zero-order chi connectivity index (χ0) is 74.3. The van der Waals surface area contributed by atoms with E-state index in [-0.39, 0.29) is 68.6 Å². The fourth-order valence-corrected chi connectivity index (χ4v) is 11.3. The van der Waals surface area contributed by atoms with Crippen LogP contribution in [0.3, 0.4) is 0 Å². The average molecular weight is 1440 g/mol. The lowest BCUT2D eigenvalue weighted by atomic mass is 9.85. The van der Waals surface area contributed by atoms with Gasteiger partial charge in [-0.2, -0.15) is 0 Å². The summed E-state index contributed by atoms with van der Waals surface area (Å²) in [4.78, 5) is 117. The molecule has 4 aromatic rings. The van der Waals surface area contributed by atoms with E-state index in [9.17, 15) is 58.8 Å². The van der Waals surface area contributed by atoms with Gasteiger partial charge >= 0.3 is 24.0 Å². The van der Waals surface area contributed by atoms with Crippen molar-refractivity contribution in [2.75, 3.05) is 124 Å². The van der Waals surface area contributed by atoms with Crippen LogP contribution in [0.15, 0.2) is 53.3 Å². The number of aliphatic hydroxyl groups excluding tert-OH is 3. The Morgan fingerprint density at radius 2 is 1.31 bits per heavy atom. The number of ether oxygens (including phenoxy) is 13. The van der Waals surface area contributed by atoms with Gasteiger partial charge in [0.25, 0.3) is 5.56 Å². The van der Waals surface area contributed by atoms with Gasteiger partial charge in [-0.3, -0.25) is 19.2 Å². The first kappa shape index (κ1) is 81.5. The van der Waals surface area contributed by atoms with Crippen LogP contribution in [0.2, 0.25) is 0 Å². The number of carbonyl (C=O) groups excluding carboxylic acids is 6. The Balaban J connectivity index is 0.958. The van der Waals surface area contributed by atoms with Gasteiger partial charge in [-0.05, 0) is 90.1 Å². The quantitative estimate of drug-likeness (QED) is 0.0158. The van der Waals surface area contributed by atoms with Crippen molar-refractivity contribution < 1.29 is 116 Å². The highest BCUT2D eigenvalue weighted by Gasteiger charge is 2.52. The topological polar surface area (TPSA) is 421 Å². The molecule has 0 saturated carbocycles. The number of rotatable bonds is 42. The third kappa shape index (κ3) is 22.1. The van der Waals surface area contributed by atoms with Crippen molar-refractivity contribution >= 4 is 58.3 Å². The van der Waals surface area contributed by atoms with E-state index in [1.165, 1.54) is 24.5 Å². The third-order valence-corrected chi connectivity index (χ3v) is 16.7. The summed E-state index contributed by atoms with van der Waals surface area (Å²) in [5.74, 6) is -7.19. The van der Waals surface area contributed by atoms with Crippen LogP contribution >= 0.6 is 0 Å². The van der Waals surface area contributed by atoms with E-state index in [1.54, 1.807) is 45.6 Å². The highest BCUT2D eigenvalue weighted by Crippen LogP contribution is 2.43. The number of cyclic esters (lactones) is 1. The fraction of sp³-hybridized carbons (Fsp3) is 0.614. The number of carboxylic acid groups (broad SMARTS) is 1. The smallest absolute Gasteiger partial charge is 0.410 e. The molecule has 0 unspecified atom stereocenters. The second-order valence-electron chi connectivity index (χ2n) is 25.9. The Bertz CT molecular complexity index is 3550. The molecule has 564 valence electrons. The maximum Gasteiger partial charge on any atom is 0.410 e. The minimum atomic E-state index is -2.33. The molecule has 2 aromatic heterocycles. The molecule has 7 rings (SSSR count). The van der Waals surface area contributed by atoms with Gasteiger partial charge in [-0.15, -0.1) is 0 Å². The molecule has 1 saturated heterocycles. The number of aliphatic carboxylic acids is 1. The lowest BCUT2D eigenvalue weighted by Crippen LogP contribution is -2.61. The van der Waals surface area contributed by atoms with Gasteiger partial charge in [0, 0.05) is 53.8 Å². The van der Waals surface area contributed by atoms with Crippen molar-refractivity contribution in [2.45, 2.75) is 155 Å². The highest BCUT2D eigenvalue weighted by atomic mass is 16.7. The number of amides is 4. The zero-order valence-corrected chi connectivity index (χ0v) is 59.4. The lowest BCUT2D eigenvalue weighted by Gasteiger charge is -2.38. The van der Waals surface area contributed by atoms with Gasteiger partial charge in [0.2, 0.25) is 29.6 Å². The number of esters is 2. The van der Waals surface area contributed by atoms with Crippen LogP contribution in [-0.4, -0.2) is 250 Å². The van der Waals surface area contributed by atoms with E-state index in [0.717, 1.165) is 23.1 Å². The molecule has 9 N–H and O–H groups in total. The van der Waals surface area contributed by atoms with Crippen LogP contribution in [0, 0.1) is 5.92 Å². The summed E-state index contributed by atoms with van der Waals surface area (Å²) in [6.45, 7) is 21.6. The number of hydrogen-bond donors (Lipinski definition) is 8. The Morgan fingerprint density at radius 3 is 1.86 bits per heavy atom. The van der Waals surface area contributed by atoms with E-state index in [1.807, 2.05) is 38.1 Å². The maximum absolute atomic E-state index is 14.9. The number of aliphatic hydroxyl groups is 3. The number of nitrogens with zero attached hydrogens (tertiary/aromatic N) is 3. The van der Waals surface area contributed by atoms with Crippen molar-refractivity contribution in [2.24, 2.45) is 11.7 Å². The largest absolute Gasteiger partial charge is 0.479 e. The zero-order valence-electron chi connectivity index (χ0n) is 59.4. The molecule has 0 spiro atoms. The molecule has 0 aliphatic carbocycles. The maximum atomic E-state index is 14.9. The normalized spacial score (nSPS) is 19.1. The van der Waals surface area contributed by atoms with Crippen LogP contribution < -0.4 is 32.0 Å². The van der Waals surface area contributed by atoms with Gasteiger partial charge in [0.15, 0.2) is 6.10 Å². The molecular formula is C70H99N7O25. The summed E-state index contributed by atoms with van der Waals surface area (Å²) in [5.41, 5.74) is 3.81. The molecule has 102 heavy (non-hydrogen) atoms. The minimum Gasteiger partial charge on any atom is -0.479 e. The number of carbonyl (C=O) groups is 7. The monoisotopic (exact) mass is 1440 g/mol. The third-order valence-electron chi connectivity index (χ3n) is 16.7. The molecule has 2 aromatic carbocycles. The lowest BCUT2D eigenvalue weighted by molar-refractivity contribution is -0.271. The van der Waals surface area contributed by atoms with E-state index < -0.39 is 125 Å². The highest BCUT2D eigenvalue weighted by molar-refractivity contribution is 6.00. The van der Waals surface area contributed by atoms with Crippen LogP contribution in [0.4, 0.5) is 10.5 Å². The molecular weight excluding hydrogens is 1340 g/mol. The minimum absolute atomic E-state index is 0.00889. The number of nitrogens with one attached hydrogen (secondary N) is 3. The summed E-state index contributed by atoms with van der Waals surface area (Å²) >= 11 is 0. The number of nitrogens with two attached hydrogens (primary N) is 1. The first-order chi connectivity index (χ1) is 48.7. The Labute approximate surface area is 591 Å². The molecule has 1 fully saturated rings. The molecule has 4 amide bonds. The van der Waals surface area contributed by atoms with Crippen molar-refractivity contribution in [3.05, 3.63) is 86.7 Å². The summed E-state index contributed by atoms with van der Waals surface area (Å²) in [6, 6.07) is 9.69. The van der Waals surface area contributed by atoms with Crippen LogP contribution in [0.5, 0.6) is 5.75 Å². The molecule has 0 bridgehead atoms. The second-order valence-corrected chi connectivity index (χ2v) is 25.9. The van der Waals surface area contributed by atoms with Crippen LogP contribution in [0.1, 0.15) is 108 Å². The van der Waals surface area contributed by atoms with E-state index in [4.69, 9.17) is 72.3 Å². The van der Waals surface area contributed by atoms with Gasteiger partial charge in [-0.25, -0.2) is 24.2 Å². The number of fused-ring (bicyclic) bond motifs is 5. The van der Waals surface area contributed by atoms with Crippen molar-refractivity contribution in [3.8, 4) is 17.1 Å². The second kappa shape index (κ2) is 39.2. The summed E-state index contributed by atoms with van der Waals surface area (Å²) in [5, 5.41) is 50.9. The number of para-hydroxylation sites is 1. The number of carboxylic acids is 1. The predicted molar refractivity (Wildman–Crippen MR) is 364 cm³/mol. The van der Waals surface area contributed by atoms with Crippen molar-refractivity contribution in [1.29, 1.82) is 0 Å². The summed E-state index contributed by atoms with van der Waals surface area (Å²) in [7, 11) is 0. The number of pyridine rings is 2. The standard InChI is InChI=1S/C70H99N7O25/c1-10-70(50-38-52-56-48(39-77(52)63(84)49(50)40-98-67(70)88)45(46-13-11-12-14-51(46)74-56)17-20-76(42(4)5)68(89)102-69(7,8)9)101-65(87)47-16-15-44(37-53(47)99-66-59(81)57(79)58(80)60(100-66)64(85)86)73-61(82)43(6)72-62(83)55(41(2)3)75-54(78)18-21-90-23-25-92-27-29-94-31-33-96-35-36-97-34-32-95-30-28-93-26-24-91-22-19-71/h11-16,37-38,41-43,55,57-60,66,79-81H,10,17-36,39-40,71H2,1-9H3,(H,72,83)(H,73,82)(H,75,78)(H,85,86)/t43-,55-,57-,58-,59+,60-,66+,70-/m0/s1. The van der Waals surface area contributed by atoms with E-state index in [2.05, 4.69) is 16.0 Å². The fourth-order valence-electron chi connectivity index (χ4n) is 11.3. The van der Waals surface area contributed by atoms with E-state index in [0.29, 0.717) is 121 Å². The van der Waals surface area contributed by atoms with Crippen molar-refractivity contribution in [3.63, 3.8) is 0 Å². The van der Waals surface area contributed by atoms with Crippen LogP contribution in [0.25, 0.3) is 22.3 Å². The van der Waals surface area contributed by atoms with Gasteiger partial charge in [0.05, 0.1) is 135 Å². The molecule has 3 aliphatic rings. The number of aromatic nitrogens is 2. The first-order valence-corrected chi connectivity index (χ1v) is 34.3. The number of anilines is 1. The number of benzene rings is 2. The van der Waals surface area contributed by atoms with Gasteiger partial charge in [0.1, 0.15) is 53.9 Å². The molecule has 3 aliphatic heterocycles. The number of hydrogen-bond acceptors (Lipinski definition) is 26. The predicted octanol–water partition coefficient (Wildman–Crippen LogP) is 2.47. The molecule has 32 heteroatoms. The molecule has 32 nitrogen and oxygen atoms in total. The molecule has 8 atom stereocenters.